The predicted molar refractivity (Wildman–Crippen MR) is 125 cm³/mol. The van der Waals surface area contributed by atoms with E-state index in [4.69, 9.17) is 9.47 Å². The summed E-state index contributed by atoms with van der Waals surface area (Å²) in [6.45, 7) is 10.0. The summed E-state index contributed by atoms with van der Waals surface area (Å²) in [5.74, 6) is 0.214. The maximum atomic E-state index is 12.4. The van der Waals surface area contributed by atoms with Crippen LogP contribution in [0.3, 0.4) is 0 Å². The van der Waals surface area contributed by atoms with Gasteiger partial charge in [-0.3, -0.25) is 4.79 Å². The molecule has 0 bridgehead atoms. The molecular formula is C27H31NO3. The number of morpholine rings is 1. The SMILES string of the molecule is COC(=O)C1(C)C=C2C(=CC1)c1ccc3c(C)c(N4CCOCC4)ccc3c1CC2C. The summed E-state index contributed by atoms with van der Waals surface area (Å²) >= 11 is 0. The molecular weight excluding hydrogens is 386 g/mol. The number of carbonyl (C=O) groups excluding carboxylic acids is 1. The summed E-state index contributed by atoms with van der Waals surface area (Å²) in [7, 11) is 1.48. The monoisotopic (exact) mass is 417 g/mol. The molecule has 2 aromatic carbocycles. The second kappa shape index (κ2) is 7.52. The number of aryl methyl sites for hydroxylation is 1. The van der Waals surface area contributed by atoms with E-state index in [0.717, 1.165) is 32.7 Å². The van der Waals surface area contributed by atoms with Gasteiger partial charge in [-0.25, -0.2) is 0 Å². The fraction of sp³-hybridized carbons (Fsp3) is 0.444. The fourth-order valence-corrected chi connectivity index (χ4v) is 5.60. The molecule has 2 aliphatic carbocycles. The highest BCUT2D eigenvalue weighted by molar-refractivity contribution is 5.99. The fourth-order valence-electron chi connectivity index (χ4n) is 5.60. The van der Waals surface area contributed by atoms with E-state index in [1.54, 1.807) is 0 Å². The quantitative estimate of drug-likeness (QED) is 0.640. The van der Waals surface area contributed by atoms with Crippen molar-refractivity contribution < 1.29 is 14.3 Å². The lowest BCUT2D eigenvalue weighted by molar-refractivity contribution is -0.148. The molecule has 0 radical (unpaired) electrons. The highest BCUT2D eigenvalue weighted by atomic mass is 16.5. The largest absolute Gasteiger partial charge is 0.468 e. The van der Waals surface area contributed by atoms with E-state index in [1.165, 1.54) is 51.4 Å². The number of anilines is 1. The molecule has 2 aromatic rings. The number of esters is 1. The molecule has 5 rings (SSSR count). The smallest absolute Gasteiger partial charge is 0.315 e. The molecule has 2 unspecified atom stereocenters. The lowest BCUT2D eigenvalue weighted by Crippen LogP contribution is -2.36. The number of benzene rings is 2. The zero-order valence-electron chi connectivity index (χ0n) is 19.0. The molecule has 2 atom stereocenters. The number of methoxy groups -OCH3 is 1. The van der Waals surface area contributed by atoms with Crippen molar-refractivity contribution in [3.05, 3.63) is 58.7 Å². The van der Waals surface area contributed by atoms with Gasteiger partial charge in [-0.2, -0.15) is 0 Å². The highest BCUT2D eigenvalue weighted by Crippen LogP contribution is 2.48. The Morgan fingerprint density at radius 1 is 1.16 bits per heavy atom. The van der Waals surface area contributed by atoms with Crippen LogP contribution in [-0.4, -0.2) is 39.4 Å². The topological polar surface area (TPSA) is 38.8 Å². The molecule has 1 fully saturated rings. The van der Waals surface area contributed by atoms with Crippen LogP contribution in [0.2, 0.25) is 0 Å². The minimum absolute atomic E-state index is 0.155. The van der Waals surface area contributed by atoms with Crippen molar-refractivity contribution in [2.75, 3.05) is 38.3 Å². The molecule has 1 saturated heterocycles. The van der Waals surface area contributed by atoms with Crippen LogP contribution in [0.25, 0.3) is 16.3 Å². The van der Waals surface area contributed by atoms with Gasteiger partial charge in [-0.05, 0) is 77.3 Å². The van der Waals surface area contributed by atoms with Crippen molar-refractivity contribution in [2.45, 2.75) is 33.6 Å². The number of allylic oxidation sites excluding steroid dienone is 3. The second-order valence-electron chi connectivity index (χ2n) is 9.43. The Hall–Kier alpha value is -2.59. The maximum Gasteiger partial charge on any atom is 0.315 e. The lowest BCUT2D eigenvalue weighted by Gasteiger charge is -2.36. The molecule has 4 nitrogen and oxygen atoms in total. The van der Waals surface area contributed by atoms with Crippen LogP contribution in [-0.2, 0) is 20.7 Å². The van der Waals surface area contributed by atoms with Crippen LogP contribution in [0.1, 0.15) is 37.0 Å². The Bertz CT molecular complexity index is 1120. The second-order valence-corrected chi connectivity index (χ2v) is 9.43. The van der Waals surface area contributed by atoms with Crippen LogP contribution in [0, 0.1) is 18.3 Å². The van der Waals surface area contributed by atoms with Crippen molar-refractivity contribution in [3.63, 3.8) is 0 Å². The van der Waals surface area contributed by atoms with Gasteiger partial charge >= 0.3 is 5.97 Å². The first-order valence-corrected chi connectivity index (χ1v) is 11.3. The van der Waals surface area contributed by atoms with E-state index in [1.807, 2.05) is 6.92 Å². The first-order valence-electron chi connectivity index (χ1n) is 11.3. The first kappa shape index (κ1) is 20.3. The van der Waals surface area contributed by atoms with Gasteiger partial charge in [0.15, 0.2) is 0 Å². The van der Waals surface area contributed by atoms with Gasteiger partial charge in [0, 0.05) is 18.8 Å². The van der Waals surface area contributed by atoms with Crippen LogP contribution in [0.15, 0.2) is 42.0 Å². The molecule has 4 heteroatoms. The van der Waals surface area contributed by atoms with Crippen LogP contribution in [0.4, 0.5) is 5.69 Å². The molecule has 1 aliphatic heterocycles. The molecule has 0 aromatic heterocycles. The Morgan fingerprint density at radius 2 is 1.90 bits per heavy atom. The van der Waals surface area contributed by atoms with E-state index < -0.39 is 5.41 Å². The summed E-state index contributed by atoms with van der Waals surface area (Å²) in [5, 5.41) is 2.71. The normalized spacial score (nSPS) is 25.4. The standard InChI is InChI=1S/C27H31NO3/c1-17-15-23-20-7-8-25(28-11-13-31-14-12-28)18(2)19(20)5-6-21(23)22-9-10-27(3,16-24(17)22)26(29)30-4/h5-9,16-17H,10-15H2,1-4H3. The zero-order chi connectivity index (χ0) is 21.8. The Labute approximate surface area is 184 Å². The highest BCUT2D eigenvalue weighted by Gasteiger charge is 2.38. The third kappa shape index (κ3) is 3.20. The van der Waals surface area contributed by atoms with Crippen molar-refractivity contribution in [2.24, 2.45) is 11.3 Å². The average molecular weight is 418 g/mol. The van der Waals surface area contributed by atoms with E-state index in [9.17, 15) is 4.79 Å². The Balaban J connectivity index is 1.59. The minimum atomic E-state index is -0.570. The Morgan fingerprint density at radius 3 is 2.65 bits per heavy atom. The van der Waals surface area contributed by atoms with Crippen molar-refractivity contribution in [1.29, 1.82) is 0 Å². The molecule has 3 aliphatic rings. The number of hydrogen-bond donors (Lipinski definition) is 0. The van der Waals surface area contributed by atoms with Gasteiger partial charge in [0.2, 0.25) is 0 Å². The van der Waals surface area contributed by atoms with Crippen molar-refractivity contribution in [3.8, 4) is 0 Å². The van der Waals surface area contributed by atoms with Crippen LogP contribution >= 0.6 is 0 Å². The van der Waals surface area contributed by atoms with Gasteiger partial charge in [-0.1, -0.05) is 37.3 Å². The van der Waals surface area contributed by atoms with Gasteiger partial charge in [-0.15, -0.1) is 0 Å². The lowest BCUT2D eigenvalue weighted by atomic mass is 9.68. The third-order valence-electron chi connectivity index (χ3n) is 7.40. The average Bonchev–Trinajstić information content (AvgIpc) is 2.79. The summed E-state index contributed by atoms with van der Waals surface area (Å²) in [4.78, 5) is 14.8. The number of nitrogens with zero attached hydrogens (tertiary/aromatic N) is 1. The first-order chi connectivity index (χ1) is 14.9. The molecule has 162 valence electrons. The van der Waals surface area contributed by atoms with E-state index in [2.05, 4.69) is 55.2 Å². The molecule has 0 N–H and O–H groups in total. The number of ether oxygens (including phenoxy) is 2. The summed E-state index contributed by atoms with van der Waals surface area (Å²) in [6.07, 6.45) is 6.08. The third-order valence-corrected chi connectivity index (χ3v) is 7.40. The molecule has 0 amide bonds. The van der Waals surface area contributed by atoms with Crippen LogP contribution in [0.5, 0.6) is 0 Å². The molecule has 0 spiro atoms. The number of fused-ring (bicyclic) bond motifs is 5. The van der Waals surface area contributed by atoms with Gasteiger partial charge in [0.1, 0.15) is 0 Å². The molecule has 31 heavy (non-hydrogen) atoms. The van der Waals surface area contributed by atoms with E-state index in [0.29, 0.717) is 12.3 Å². The molecule has 1 heterocycles. The van der Waals surface area contributed by atoms with Crippen LogP contribution < -0.4 is 4.90 Å². The minimum Gasteiger partial charge on any atom is -0.468 e. The predicted octanol–water partition coefficient (Wildman–Crippen LogP) is 5.07. The maximum absolute atomic E-state index is 12.4. The number of carbonyl (C=O) groups is 1. The van der Waals surface area contributed by atoms with Crippen molar-refractivity contribution >= 4 is 28.0 Å². The number of hydrogen-bond acceptors (Lipinski definition) is 4. The zero-order valence-corrected chi connectivity index (χ0v) is 19.0. The number of rotatable bonds is 2. The summed E-state index contributed by atoms with van der Waals surface area (Å²) < 4.78 is 10.6. The Kier molecular flexibility index (Phi) is 4.93. The van der Waals surface area contributed by atoms with Gasteiger partial charge < -0.3 is 14.4 Å². The molecule has 0 saturated carbocycles. The summed E-state index contributed by atoms with van der Waals surface area (Å²) in [5.41, 5.74) is 7.45. The van der Waals surface area contributed by atoms with Gasteiger partial charge in [0.05, 0.1) is 25.7 Å². The van der Waals surface area contributed by atoms with Gasteiger partial charge in [0.25, 0.3) is 0 Å². The van der Waals surface area contributed by atoms with E-state index >= 15 is 0 Å². The van der Waals surface area contributed by atoms with E-state index in [-0.39, 0.29) is 5.97 Å². The van der Waals surface area contributed by atoms with Crippen molar-refractivity contribution in [1.82, 2.24) is 0 Å². The summed E-state index contributed by atoms with van der Waals surface area (Å²) in [6, 6.07) is 9.19.